The van der Waals surface area contributed by atoms with Crippen LogP contribution in [0.1, 0.15) is 10.4 Å². The zero-order chi connectivity index (χ0) is 17.9. The van der Waals surface area contributed by atoms with Gasteiger partial charge in [-0.1, -0.05) is 12.1 Å². The first-order chi connectivity index (χ1) is 12.7. The molecule has 2 aromatic heterocycles. The minimum absolute atomic E-state index is 0.0529. The molecule has 26 heavy (non-hydrogen) atoms. The lowest BCUT2D eigenvalue weighted by Crippen LogP contribution is -2.49. The van der Waals surface area contributed by atoms with E-state index in [1.54, 1.807) is 58.7 Å². The molecule has 0 unspecified atom stereocenters. The van der Waals surface area contributed by atoms with Gasteiger partial charge in [-0.2, -0.15) is 0 Å². The molecule has 4 rings (SSSR count). The smallest absolute Gasteiger partial charge is 0.255 e. The Kier molecular flexibility index (Phi) is 4.35. The van der Waals surface area contributed by atoms with E-state index in [0.29, 0.717) is 43.2 Å². The number of aromatic nitrogens is 3. The average molecular weight is 351 g/mol. The van der Waals surface area contributed by atoms with E-state index in [2.05, 4.69) is 9.97 Å². The van der Waals surface area contributed by atoms with Crippen LogP contribution in [0.25, 0.3) is 5.82 Å². The summed E-state index contributed by atoms with van der Waals surface area (Å²) in [5, 5.41) is 0. The van der Waals surface area contributed by atoms with Gasteiger partial charge in [0.1, 0.15) is 18.0 Å². The fourth-order valence-electron chi connectivity index (χ4n) is 3.10. The Hall–Kier alpha value is -3.22. The Morgan fingerprint density at radius 3 is 2.50 bits per heavy atom. The Labute approximate surface area is 150 Å². The van der Waals surface area contributed by atoms with E-state index in [1.807, 2.05) is 11.0 Å². The molecule has 0 atom stereocenters. The lowest BCUT2D eigenvalue weighted by atomic mass is 10.2. The predicted octanol–water partition coefficient (Wildman–Crippen LogP) is 2.37. The van der Waals surface area contributed by atoms with Crippen LogP contribution in [0.4, 0.5) is 10.1 Å². The number of hydrogen-bond donors (Lipinski definition) is 0. The largest absolute Gasteiger partial charge is 0.366 e. The molecule has 1 fully saturated rings. The fraction of sp³-hybridized carbons (Fsp3) is 0.211. The second kappa shape index (κ2) is 6.95. The third-order valence-corrected chi connectivity index (χ3v) is 4.52. The number of carbonyl (C=O) groups is 1. The lowest BCUT2D eigenvalue weighted by Gasteiger charge is -2.36. The van der Waals surface area contributed by atoms with Crippen molar-refractivity contribution >= 4 is 11.6 Å². The highest BCUT2D eigenvalue weighted by Gasteiger charge is 2.23. The first-order valence-electron chi connectivity index (χ1n) is 8.45. The molecule has 132 valence electrons. The topological polar surface area (TPSA) is 54.3 Å². The molecule has 1 aliphatic rings. The number of hydrogen-bond acceptors (Lipinski definition) is 4. The van der Waals surface area contributed by atoms with Crippen molar-refractivity contribution < 1.29 is 9.18 Å². The van der Waals surface area contributed by atoms with Crippen LogP contribution in [-0.2, 0) is 0 Å². The number of rotatable bonds is 3. The van der Waals surface area contributed by atoms with Gasteiger partial charge in [-0.15, -0.1) is 0 Å². The summed E-state index contributed by atoms with van der Waals surface area (Å²) in [5.41, 5.74) is 1.14. The quantitative estimate of drug-likeness (QED) is 0.727. The van der Waals surface area contributed by atoms with Crippen molar-refractivity contribution in [1.29, 1.82) is 0 Å². The molecular formula is C19H18FN5O. The highest BCUT2D eigenvalue weighted by molar-refractivity contribution is 5.94. The second-order valence-electron chi connectivity index (χ2n) is 6.11. The first kappa shape index (κ1) is 16.3. The zero-order valence-corrected chi connectivity index (χ0v) is 14.1. The fourth-order valence-corrected chi connectivity index (χ4v) is 3.10. The van der Waals surface area contributed by atoms with Crippen molar-refractivity contribution in [3.63, 3.8) is 0 Å². The number of piperazine rings is 1. The van der Waals surface area contributed by atoms with Crippen LogP contribution >= 0.6 is 0 Å². The summed E-state index contributed by atoms with van der Waals surface area (Å²) in [6, 6.07) is 10.3. The van der Waals surface area contributed by atoms with Crippen LogP contribution in [0, 0.1) is 5.82 Å². The number of anilines is 1. The van der Waals surface area contributed by atoms with Gasteiger partial charge < -0.3 is 9.80 Å². The maximum absolute atomic E-state index is 13.9. The van der Waals surface area contributed by atoms with Crippen LogP contribution in [0.15, 0.2) is 61.3 Å². The summed E-state index contributed by atoms with van der Waals surface area (Å²) >= 11 is 0. The predicted molar refractivity (Wildman–Crippen MR) is 95.9 cm³/mol. The van der Waals surface area contributed by atoms with Crippen molar-refractivity contribution in [2.45, 2.75) is 0 Å². The summed E-state index contributed by atoms with van der Waals surface area (Å²) in [6.07, 6.45) is 6.72. The van der Waals surface area contributed by atoms with Crippen molar-refractivity contribution in [2.75, 3.05) is 31.1 Å². The molecule has 3 aromatic rings. The van der Waals surface area contributed by atoms with E-state index in [9.17, 15) is 9.18 Å². The maximum Gasteiger partial charge on any atom is 0.255 e. The van der Waals surface area contributed by atoms with Crippen molar-refractivity contribution in [3.8, 4) is 5.82 Å². The van der Waals surface area contributed by atoms with Crippen LogP contribution in [0.2, 0.25) is 0 Å². The summed E-state index contributed by atoms with van der Waals surface area (Å²) in [5.74, 6) is 0.429. The number of nitrogens with zero attached hydrogens (tertiary/aromatic N) is 5. The van der Waals surface area contributed by atoms with E-state index < -0.39 is 0 Å². The minimum atomic E-state index is -0.230. The van der Waals surface area contributed by atoms with E-state index in [1.165, 1.54) is 6.07 Å². The number of para-hydroxylation sites is 1. The van der Waals surface area contributed by atoms with Crippen molar-refractivity contribution in [3.05, 3.63) is 72.7 Å². The van der Waals surface area contributed by atoms with E-state index in [-0.39, 0.29) is 11.7 Å². The third-order valence-electron chi connectivity index (χ3n) is 4.52. The highest BCUT2D eigenvalue weighted by Crippen LogP contribution is 2.20. The molecule has 1 amide bonds. The second-order valence-corrected chi connectivity index (χ2v) is 6.11. The van der Waals surface area contributed by atoms with E-state index >= 15 is 0 Å². The Morgan fingerprint density at radius 2 is 1.85 bits per heavy atom. The lowest BCUT2D eigenvalue weighted by molar-refractivity contribution is 0.0746. The van der Waals surface area contributed by atoms with E-state index in [0.717, 1.165) is 0 Å². The molecular weight excluding hydrogens is 333 g/mol. The summed E-state index contributed by atoms with van der Waals surface area (Å²) < 4.78 is 15.7. The highest BCUT2D eigenvalue weighted by atomic mass is 19.1. The van der Waals surface area contributed by atoms with Gasteiger partial charge in [0, 0.05) is 44.8 Å². The molecule has 1 aliphatic heterocycles. The SMILES string of the molecule is O=C(c1ccc(-n2ccnc2)nc1)N1CCN(c2ccccc2F)CC1. The third kappa shape index (κ3) is 3.15. The standard InChI is InChI=1S/C19H18FN5O/c20-16-3-1-2-4-17(16)23-9-11-24(12-10-23)19(26)15-5-6-18(22-13-15)25-8-7-21-14-25/h1-8,13-14H,9-12H2. The number of amides is 1. The number of carbonyl (C=O) groups excluding carboxylic acids is 1. The van der Waals surface area contributed by atoms with Gasteiger partial charge in [-0.3, -0.25) is 9.36 Å². The molecule has 6 nitrogen and oxygen atoms in total. The average Bonchev–Trinajstić information content (AvgIpc) is 3.23. The Bertz CT molecular complexity index is 887. The first-order valence-corrected chi connectivity index (χ1v) is 8.45. The van der Waals surface area contributed by atoms with Gasteiger partial charge in [0.2, 0.25) is 0 Å². The summed E-state index contributed by atoms with van der Waals surface area (Å²) in [6.45, 7) is 2.31. The van der Waals surface area contributed by atoms with Gasteiger partial charge in [0.05, 0.1) is 11.3 Å². The van der Waals surface area contributed by atoms with Crippen molar-refractivity contribution in [1.82, 2.24) is 19.4 Å². The minimum Gasteiger partial charge on any atom is -0.366 e. The molecule has 0 saturated carbocycles. The number of imidazole rings is 1. The van der Waals surface area contributed by atoms with Gasteiger partial charge in [-0.25, -0.2) is 14.4 Å². The summed E-state index contributed by atoms with van der Waals surface area (Å²) in [7, 11) is 0. The number of pyridine rings is 1. The molecule has 0 radical (unpaired) electrons. The molecule has 0 spiro atoms. The maximum atomic E-state index is 13.9. The normalized spacial score (nSPS) is 14.5. The van der Waals surface area contributed by atoms with Crippen LogP contribution in [0.3, 0.4) is 0 Å². The van der Waals surface area contributed by atoms with Gasteiger partial charge in [-0.05, 0) is 24.3 Å². The summed E-state index contributed by atoms with van der Waals surface area (Å²) in [4.78, 5) is 24.7. The van der Waals surface area contributed by atoms with Crippen LogP contribution in [-0.4, -0.2) is 51.5 Å². The van der Waals surface area contributed by atoms with Gasteiger partial charge >= 0.3 is 0 Å². The molecule has 1 saturated heterocycles. The monoisotopic (exact) mass is 351 g/mol. The van der Waals surface area contributed by atoms with Gasteiger partial charge in [0.25, 0.3) is 5.91 Å². The van der Waals surface area contributed by atoms with Crippen LogP contribution in [0.5, 0.6) is 0 Å². The molecule has 0 N–H and O–H groups in total. The molecule has 0 aliphatic carbocycles. The van der Waals surface area contributed by atoms with E-state index in [4.69, 9.17) is 0 Å². The molecule has 7 heteroatoms. The Morgan fingerprint density at radius 1 is 1.04 bits per heavy atom. The zero-order valence-electron chi connectivity index (χ0n) is 14.1. The number of benzene rings is 1. The van der Waals surface area contributed by atoms with Crippen molar-refractivity contribution in [2.24, 2.45) is 0 Å². The van der Waals surface area contributed by atoms with Gasteiger partial charge in [0.15, 0.2) is 0 Å². The molecule has 3 heterocycles. The van der Waals surface area contributed by atoms with Crippen LogP contribution < -0.4 is 4.90 Å². The molecule has 1 aromatic carbocycles. The number of halogens is 1. The Balaban J connectivity index is 1.41. The molecule has 0 bridgehead atoms.